The van der Waals surface area contributed by atoms with Crippen molar-refractivity contribution in [2.75, 3.05) is 37.3 Å². The summed E-state index contributed by atoms with van der Waals surface area (Å²) >= 11 is 0. The first-order chi connectivity index (χ1) is 9.09. The van der Waals surface area contributed by atoms with E-state index < -0.39 is 10.0 Å². The molecule has 108 valence electrons. The Bertz CT molecular complexity index is 475. The number of benzene rings is 1. The molecule has 0 radical (unpaired) electrons. The second-order valence-corrected chi connectivity index (χ2v) is 6.02. The Morgan fingerprint density at radius 3 is 2.68 bits per heavy atom. The van der Waals surface area contributed by atoms with Crippen molar-refractivity contribution in [1.29, 1.82) is 0 Å². The van der Waals surface area contributed by atoms with Gasteiger partial charge in [-0.25, -0.2) is 8.42 Å². The largest absolute Gasteiger partial charge is 0.384 e. The fourth-order valence-corrected chi connectivity index (χ4v) is 2.70. The molecule has 0 bridgehead atoms. The first-order valence-electron chi connectivity index (χ1n) is 6.37. The summed E-state index contributed by atoms with van der Waals surface area (Å²) in [5.74, 6) is 0.0689. The van der Waals surface area contributed by atoms with Crippen molar-refractivity contribution >= 4 is 15.7 Å². The molecule has 0 atom stereocenters. The molecule has 0 saturated carbocycles. The summed E-state index contributed by atoms with van der Waals surface area (Å²) < 4.78 is 31.5. The fourth-order valence-electron chi connectivity index (χ4n) is 1.65. The Balaban J connectivity index is 2.69. The average molecular weight is 286 g/mol. The number of nitrogens with one attached hydrogen (secondary N) is 2. The van der Waals surface area contributed by atoms with Crippen LogP contribution in [0.15, 0.2) is 24.3 Å². The van der Waals surface area contributed by atoms with Gasteiger partial charge >= 0.3 is 0 Å². The molecule has 1 rings (SSSR count). The molecule has 0 heterocycles. The Morgan fingerprint density at radius 1 is 1.26 bits per heavy atom. The molecule has 0 fully saturated rings. The lowest BCUT2D eigenvalue weighted by molar-refractivity contribution is 0.202. The van der Waals surface area contributed by atoms with Crippen molar-refractivity contribution in [3.05, 3.63) is 29.8 Å². The minimum Gasteiger partial charge on any atom is -0.384 e. The van der Waals surface area contributed by atoms with Crippen molar-refractivity contribution in [2.24, 2.45) is 0 Å². The predicted octanol–water partition coefficient (Wildman–Crippen LogP) is 1.23. The molecule has 6 heteroatoms. The van der Waals surface area contributed by atoms with Crippen LogP contribution in [0.4, 0.5) is 5.69 Å². The zero-order chi connectivity index (χ0) is 14.1. The third-order valence-corrected chi connectivity index (χ3v) is 3.93. The van der Waals surface area contributed by atoms with E-state index in [4.69, 9.17) is 4.74 Å². The summed E-state index contributed by atoms with van der Waals surface area (Å²) in [4.78, 5) is 0. The van der Waals surface area contributed by atoms with Crippen LogP contribution in [0.3, 0.4) is 0 Å². The second-order valence-electron chi connectivity index (χ2n) is 4.17. The molecule has 0 spiro atoms. The molecule has 0 aromatic heterocycles. The summed E-state index contributed by atoms with van der Waals surface area (Å²) in [6, 6.07) is 7.39. The smallest absolute Gasteiger partial charge is 0.233 e. The molecule has 1 aromatic carbocycles. The van der Waals surface area contributed by atoms with Crippen molar-refractivity contribution in [3.8, 4) is 0 Å². The SMILES string of the molecule is CCNCCS(=O)(=O)Nc1ccccc1CCOC. The van der Waals surface area contributed by atoms with Gasteiger partial charge in [0.25, 0.3) is 0 Å². The molecule has 19 heavy (non-hydrogen) atoms. The van der Waals surface area contributed by atoms with E-state index in [-0.39, 0.29) is 5.75 Å². The van der Waals surface area contributed by atoms with Crippen LogP contribution in [0.25, 0.3) is 0 Å². The van der Waals surface area contributed by atoms with Crippen molar-refractivity contribution in [1.82, 2.24) is 5.32 Å². The van der Waals surface area contributed by atoms with Gasteiger partial charge in [0, 0.05) is 13.7 Å². The van der Waals surface area contributed by atoms with E-state index in [0.717, 1.165) is 12.1 Å². The van der Waals surface area contributed by atoms with Crippen LogP contribution in [0, 0.1) is 0 Å². The number of sulfonamides is 1. The minimum atomic E-state index is -3.31. The van der Waals surface area contributed by atoms with Crippen LogP contribution in [0.2, 0.25) is 0 Å². The Kier molecular flexibility index (Phi) is 6.83. The van der Waals surface area contributed by atoms with E-state index in [1.165, 1.54) is 0 Å². The van der Waals surface area contributed by atoms with Gasteiger partial charge in [0.05, 0.1) is 18.0 Å². The van der Waals surface area contributed by atoms with E-state index in [2.05, 4.69) is 10.0 Å². The van der Waals surface area contributed by atoms with Crippen LogP contribution >= 0.6 is 0 Å². The van der Waals surface area contributed by atoms with Gasteiger partial charge in [0.1, 0.15) is 0 Å². The maximum absolute atomic E-state index is 11.9. The van der Waals surface area contributed by atoms with Crippen molar-refractivity contribution in [3.63, 3.8) is 0 Å². The Hall–Kier alpha value is -1.11. The topological polar surface area (TPSA) is 67.4 Å². The second kappa shape index (κ2) is 8.14. The van der Waals surface area contributed by atoms with Gasteiger partial charge in [0.15, 0.2) is 0 Å². The molecular weight excluding hydrogens is 264 g/mol. The molecule has 0 amide bonds. The lowest BCUT2D eigenvalue weighted by Crippen LogP contribution is -2.26. The van der Waals surface area contributed by atoms with E-state index >= 15 is 0 Å². The predicted molar refractivity (Wildman–Crippen MR) is 78.0 cm³/mol. The fraction of sp³-hybridized carbons (Fsp3) is 0.538. The van der Waals surface area contributed by atoms with E-state index in [9.17, 15) is 8.42 Å². The van der Waals surface area contributed by atoms with E-state index in [1.807, 2.05) is 25.1 Å². The van der Waals surface area contributed by atoms with Crippen LogP contribution in [-0.2, 0) is 21.2 Å². The molecule has 0 aliphatic heterocycles. The quantitative estimate of drug-likeness (QED) is 0.670. The highest BCUT2D eigenvalue weighted by atomic mass is 32.2. The van der Waals surface area contributed by atoms with Crippen LogP contribution in [0.1, 0.15) is 12.5 Å². The minimum absolute atomic E-state index is 0.0689. The van der Waals surface area contributed by atoms with Gasteiger partial charge in [0.2, 0.25) is 10.0 Å². The lowest BCUT2D eigenvalue weighted by Gasteiger charge is -2.12. The summed E-state index contributed by atoms with van der Waals surface area (Å²) in [5, 5.41) is 3.00. The summed E-state index contributed by atoms with van der Waals surface area (Å²) in [6.07, 6.45) is 0.683. The van der Waals surface area contributed by atoms with Gasteiger partial charge < -0.3 is 10.1 Å². The molecular formula is C13H22N2O3S. The lowest BCUT2D eigenvalue weighted by atomic mass is 10.1. The molecule has 0 aliphatic carbocycles. The van der Waals surface area contributed by atoms with Crippen LogP contribution in [0.5, 0.6) is 0 Å². The van der Waals surface area contributed by atoms with Gasteiger partial charge in [-0.1, -0.05) is 25.1 Å². The molecule has 2 N–H and O–H groups in total. The Labute approximate surface area is 115 Å². The zero-order valence-electron chi connectivity index (χ0n) is 11.5. The average Bonchev–Trinajstić information content (AvgIpc) is 2.37. The molecule has 0 saturated heterocycles. The standard InChI is InChI=1S/C13H22N2O3S/c1-3-14-9-11-19(16,17)15-13-7-5-4-6-12(13)8-10-18-2/h4-7,14-15H,3,8-11H2,1-2H3. The number of para-hydroxylation sites is 1. The summed E-state index contributed by atoms with van der Waals surface area (Å²) in [6.45, 7) is 3.72. The van der Waals surface area contributed by atoms with Crippen molar-refractivity contribution < 1.29 is 13.2 Å². The highest BCUT2D eigenvalue weighted by Crippen LogP contribution is 2.17. The molecule has 1 aromatic rings. The normalized spacial score (nSPS) is 11.5. The van der Waals surface area contributed by atoms with E-state index in [0.29, 0.717) is 25.3 Å². The number of ether oxygens (including phenoxy) is 1. The third kappa shape index (κ3) is 6.04. The maximum Gasteiger partial charge on any atom is 0.233 e. The Morgan fingerprint density at radius 2 is 2.00 bits per heavy atom. The number of hydrogen-bond acceptors (Lipinski definition) is 4. The molecule has 5 nitrogen and oxygen atoms in total. The summed E-state index contributed by atoms with van der Waals surface area (Å²) in [7, 11) is -1.68. The van der Waals surface area contributed by atoms with Gasteiger partial charge in [-0.2, -0.15) is 0 Å². The third-order valence-electron chi connectivity index (χ3n) is 2.66. The summed E-state index contributed by atoms with van der Waals surface area (Å²) in [5.41, 5.74) is 1.58. The van der Waals surface area contributed by atoms with Crippen LogP contribution in [-0.4, -0.2) is 41.0 Å². The van der Waals surface area contributed by atoms with E-state index in [1.54, 1.807) is 13.2 Å². The monoisotopic (exact) mass is 286 g/mol. The molecule has 0 aliphatic rings. The van der Waals surface area contributed by atoms with Gasteiger partial charge in [-0.15, -0.1) is 0 Å². The highest BCUT2D eigenvalue weighted by molar-refractivity contribution is 7.92. The molecule has 0 unspecified atom stereocenters. The number of methoxy groups -OCH3 is 1. The van der Waals surface area contributed by atoms with Gasteiger partial charge in [-0.3, -0.25) is 4.72 Å². The highest BCUT2D eigenvalue weighted by Gasteiger charge is 2.12. The first-order valence-corrected chi connectivity index (χ1v) is 8.02. The number of rotatable bonds is 9. The first kappa shape index (κ1) is 15.9. The maximum atomic E-state index is 11.9. The van der Waals surface area contributed by atoms with Gasteiger partial charge in [-0.05, 0) is 24.6 Å². The van der Waals surface area contributed by atoms with Crippen molar-refractivity contribution in [2.45, 2.75) is 13.3 Å². The zero-order valence-corrected chi connectivity index (χ0v) is 12.3. The number of anilines is 1. The number of hydrogen-bond donors (Lipinski definition) is 2. The van der Waals surface area contributed by atoms with Crippen LogP contribution < -0.4 is 10.0 Å².